The molecule has 1 aromatic carbocycles. The molecule has 2 rings (SSSR count). The summed E-state index contributed by atoms with van der Waals surface area (Å²) < 4.78 is 32.7. The van der Waals surface area contributed by atoms with Crippen molar-refractivity contribution >= 4 is 33.0 Å². The van der Waals surface area contributed by atoms with Gasteiger partial charge in [-0.05, 0) is 44.2 Å². The number of carbonyl (C=O) groups excluding carboxylic acids is 1. The van der Waals surface area contributed by atoms with Crippen LogP contribution >= 0.6 is 11.3 Å². The maximum absolute atomic E-state index is 12.9. The van der Waals surface area contributed by atoms with Gasteiger partial charge < -0.3 is 10.1 Å². The van der Waals surface area contributed by atoms with Crippen LogP contribution in [0, 0.1) is 6.92 Å². The second-order valence-corrected chi connectivity index (χ2v) is 8.74. The highest BCUT2D eigenvalue weighted by atomic mass is 32.2. The summed E-state index contributed by atoms with van der Waals surface area (Å²) in [6, 6.07) is 8.29. The molecule has 0 unspecified atom stereocenters. The van der Waals surface area contributed by atoms with Crippen LogP contribution < -0.4 is 10.1 Å². The molecule has 0 saturated heterocycles. The van der Waals surface area contributed by atoms with Crippen molar-refractivity contribution in [2.24, 2.45) is 0 Å². The van der Waals surface area contributed by atoms with Crippen molar-refractivity contribution in [3.63, 3.8) is 0 Å². The highest BCUT2D eigenvalue weighted by Crippen LogP contribution is 2.30. The van der Waals surface area contributed by atoms with Crippen LogP contribution in [0.15, 0.2) is 35.2 Å². The Hall–Kier alpha value is -1.90. The van der Waals surface area contributed by atoms with Crippen LogP contribution in [-0.2, 0) is 10.0 Å². The second-order valence-electron chi connectivity index (χ2n) is 5.55. The molecular weight excluding hydrogens is 372 g/mol. The van der Waals surface area contributed by atoms with E-state index >= 15 is 0 Å². The van der Waals surface area contributed by atoms with E-state index in [1.54, 1.807) is 39.0 Å². The Morgan fingerprint density at radius 2 is 1.85 bits per heavy atom. The third-order valence-electron chi connectivity index (χ3n) is 3.79. The van der Waals surface area contributed by atoms with Gasteiger partial charge in [-0.25, -0.2) is 8.42 Å². The molecule has 1 aromatic heterocycles. The number of aryl methyl sites for hydroxylation is 1. The Kier molecular flexibility index (Phi) is 6.80. The molecule has 0 bridgehead atoms. The Balaban J connectivity index is 2.40. The van der Waals surface area contributed by atoms with Gasteiger partial charge in [0, 0.05) is 23.7 Å². The molecule has 1 N–H and O–H groups in total. The number of anilines is 1. The molecule has 26 heavy (non-hydrogen) atoms. The quantitative estimate of drug-likeness (QED) is 0.737. The highest BCUT2D eigenvalue weighted by molar-refractivity contribution is 7.89. The van der Waals surface area contributed by atoms with E-state index in [0.717, 1.165) is 4.88 Å². The largest absolute Gasteiger partial charge is 0.492 e. The van der Waals surface area contributed by atoms with Crippen molar-refractivity contribution in [3.05, 3.63) is 40.1 Å². The van der Waals surface area contributed by atoms with Crippen LogP contribution in [0.2, 0.25) is 0 Å². The normalized spacial score (nSPS) is 11.6. The van der Waals surface area contributed by atoms with Gasteiger partial charge in [0.05, 0.1) is 11.5 Å². The number of ether oxygens (including phenoxy) is 1. The fourth-order valence-corrected chi connectivity index (χ4v) is 4.89. The predicted octanol–water partition coefficient (Wildman–Crippen LogP) is 3.74. The molecule has 0 saturated carbocycles. The van der Waals surface area contributed by atoms with Crippen molar-refractivity contribution in [2.45, 2.75) is 32.6 Å². The summed E-state index contributed by atoms with van der Waals surface area (Å²) in [4.78, 5) is 14.0. The van der Waals surface area contributed by atoms with Crippen molar-refractivity contribution in [3.8, 4) is 5.75 Å². The van der Waals surface area contributed by atoms with Crippen molar-refractivity contribution < 1.29 is 17.9 Å². The number of carbonyl (C=O) groups is 1. The highest BCUT2D eigenvalue weighted by Gasteiger charge is 2.26. The molecule has 0 spiro atoms. The average Bonchev–Trinajstić information content (AvgIpc) is 3.04. The van der Waals surface area contributed by atoms with Crippen LogP contribution in [0.4, 0.5) is 5.69 Å². The van der Waals surface area contributed by atoms with Crippen molar-refractivity contribution in [2.75, 3.05) is 25.0 Å². The van der Waals surface area contributed by atoms with E-state index in [0.29, 0.717) is 30.3 Å². The fraction of sp³-hybridized carbons (Fsp3) is 0.389. The molecule has 2 aromatic rings. The van der Waals surface area contributed by atoms with Crippen LogP contribution in [-0.4, -0.2) is 38.3 Å². The summed E-state index contributed by atoms with van der Waals surface area (Å²) in [5, 5.41) is 2.76. The van der Waals surface area contributed by atoms with E-state index in [9.17, 15) is 13.2 Å². The molecule has 1 heterocycles. The van der Waals surface area contributed by atoms with E-state index < -0.39 is 10.0 Å². The van der Waals surface area contributed by atoms with Gasteiger partial charge in [-0.1, -0.05) is 13.8 Å². The zero-order chi connectivity index (χ0) is 19.3. The minimum Gasteiger partial charge on any atom is -0.492 e. The number of rotatable bonds is 8. The van der Waals surface area contributed by atoms with Gasteiger partial charge in [0.1, 0.15) is 10.6 Å². The minimum atomic E-state index is -3.71. The monoisotopic (exact) mass is 396 g/mol. The molecule has 6 nitrogen and oxygen atoms in total. The first-order valence-corrected chi connectivity index (χ1v) is 10.7. The Labute approximate surface area is 158 Å². The molecule has 0 aliphatic rings. The van der Waals surface area contributed by atoms with E-state index in [-0.39, 0.29) is 16.6 Å². The lowest BCUT2D eigenvalue weighted by atomic mass is 10.3. The smallest absolute Gasteiger partial charge is 0.265 e. The molecule has 142 valence electrons. The Bertz CT molecular complexity index is 871. The first-order chi connectivity index (χ1) is 12.3. The molecule has 0 fully saturated rings. The first-order valence-electron chi connectivity index (χ1n) is 8.48. The van der Waals surface area contributed by atoms with Gasteiger partial charge in [-0.2, -0.15) is 4.31 Å². The van der Waals surface area contributed by atoms with Gasteiger partial charge in [0.2, 0.25) is 10.0 Å². The second kappa shape index (κ2) is 8.66. The topological polar surface area (TPSA) is 75.7 Å². The lowest BCUT2D eigenvalue weighted by Gasteiger charge is -2.21. The van der Waals surface area contributed by atoms with E-state index in [2.05, 4.69) is 5.32 Å². The summed E-state index contributed by atoms with van der Waals surface area (Å²) in [6.07, 6.45) is 0. The molecule has 1 amide bonds. The number of hydrogen-bond donors (Lipinski definition) is 1. The van der Waals surface area contributed by atoms with Gasteiger partial charge in [-0.3, -0.25) is 4.79 Å². The van der Waals surface area contributed by atoms with Crippen LogP contribution in [0.1, 0.15) is 35.3 Å². The zero-order valence-corrected chi connectivity index (χ0v) is 17.0. The van der Waals surface area contributed by atoms with E-state index in [4.69, 9.17) is 4.74 Å². The summed E-state index contributed by atoms with van der Waals surface area (Å²) in [7, 11) is -3.71. The van der Waals surface area contributed by atoms with Crippen LogP contribution in [0.5, 0.6) is 5.75 Å². The third-order valence-corrected chi connectivity index (χ3v) is 6.86. The van der Waals surface area contributed by atoms with Gasteiger partial charge in [0.15, 0.2) is 0 Å². The fourth-order valence-electron chi connectivity index (χ4n) is 2.51. The van der Waals surface area contributed by atoms with Gasteiger partial charge in [-0.15, -0.1) is 11.3 Å². The van der Waals surface area contributed by atoms with Crippen molar-refractivity contribution in [1.29, 1.82) is 0 Å². The summed E-state index contributed by atoms with van der Waals surface area (Å²) in [5.74, 6) is 0.0165. The van der Waals surface area contributed by atoms with Crippen molar-refractivity contribution in [1.82, 2.24) is 4.31 Å². The van der Waals surface area contributed by atoms with E-state index in [1.165, 1.54) is 21.7 Å². The minimum absolute atomic E-state index is 0.0585. The molecule has 0 radical (unpaired) electrons. The van der Waals surface area contributed by atoms with E-state index in [1.807, 2.05) is 13.0 Å². The van der Waals surface area contributed by atoms with Gasteiger partial charge >= 0.3 is 0 Å². The predicted molar refractivity (Wildman–Crippen MR) is 105 cm³/mol. The summed E-state index contributed by atoms with van der Waals surface area (Å²) in [6.45, 7) is 8.35. The number of hydrogen-bond acceptors (Lipinski definition) is 5. The molecule has 0 aliphatic heterocycles. The Morgan fingerprint density at radius 1 is 1.15 bits per heavy atom. The SMILES string of the molecule is CCOc1ccc(NC(=O)c2ccc(C)s2)cc1S(=O)(=O)N(CC)CC. The number of benzene rings is 1. The molecule has 0 aliphatic carbocycles. The Morgan fingerprint density at radius 3 is 2.38 bits per heavy atom. The number of thiophene rings is 1. The van der Waals surface area contributed by atoms with Gasteiger partial charge in [0.25, 0.3) is 5.91 Å². The number of sulfonamides is 1. The zero-order valence-electron chi connectivity index (χ0n) is 15.4. The maximum atomic E-state index is 12.9. The molecule has 0 atom stereocenters. The lowest BCUT2D eigenvalue weighted by molar-refractivity contribution is 0.103. The lowest BCUT2D eigenvalue weighted by Crippen LogP contribution is -2.31. The third kappa shape index (κ3) is 4.44. The number of amides is 1. The van der Waals surface area contributed by atoms with Crippen LogP contribution in [0.3, 0.4) is 0 Å². The summed E-state index contributed by atoms with van der Waals surface area (Å²) >= 11 is 1.39. The number of nitrogens with one attached hydrogen (secondary N) is 1. The standard InChI is InChI=1S/C18H24N2O4S2/c1-5-20(6-2)26(22,23)17-12-14(9-10-15(17)24-7-3)19-18(21)16-11-8-13(4)25-16/h8-12H,5-7H2,1-4H3,(H,19,21). The molecule has 8 heteroatoms. The summed E-state index contributed by atoms with van der Waals surface area (Å²) in [5.41, 5.74) is 0.412. The molecular formula is C18H24N2O4S2. The first kappa shape index (κ1) is 20.4. The van der Waals surface area contributed by atoms with Crippen LogP contribution in [0.25, 0.3) is 0 Å². The number of nitrogens with zero attached hydrogens (tertiary/aromatic N) is 1. The average molecular weight is 397 g/mol. The maximum Gasteiger partial charge on any atom is 0.265 e.